The largest absolute Gasteiger partial charge is 0.444 e. The van der Waals surface area contributed by atoms with E-state index in [-0.39, 0.29) is 5.91 Å². The number of thioether (sulfide) groups is 1. The van der Waals surface area contributed by atoms with Gasteiger partial charge in [0, 0.05) is 6.54 Å². The molecule has 0 spiro atoms. The van der Waals surface area contributed by atoms with Crippen molar-refractivity contribution in [1.82, 2.24) is 10.6 Å². The van der Waals surface area contributed by atoms with Crippen molar-refractivity contribution in [3.8, 4) is 0 Å². The minimum Gasteiger partial charge on any atom is -0.444 e. The van der Waals surface area contributed by atoms with Gasteiger partial charge < -0.3 is 15.4 Å². The maximum Gasteiger partial charge on any atom is 0.408 e. The van der Waals surface area contributed by atoms with Gasteiger partial charge in [-0.05, 0) is 64.2 Å². The monoisotopic (exact) mass is 366 g/mol. The first-order valence-electron chi connectivity index (χ1n) is 8.44. The van der Waals surface area contributed by atoms with Crippen molar-refractivity contribution in [3.63, 3.8) is 0 Å². The van der Waals surface area contributed by atoms with Gasteiger partial charge in [-0.15, -0.1) is 0 Å². The molecule has 25 heavy (non-hydrogen) atoms. The summed E-state index contributed by atoms with van der Waals surface area (Å²) < 4.78 is 5.26. The summed E-state index contributed by atoms with van der Waals surface area (Å²) in [6.07, 6.45) is 1.96. The molecule has 2 N–H and O–H groups in total. The average Bonchev–Trinajstić information content (AvgIpc) is 2.48. The molecule has 0 aromatic heterocycles. The lowest BCUT2D eigenvalue weighted by Gasteiger charge is -2.23. The molecule has 0 fully saturated rings. The third-order valence-electron chi connectivity index (χ3n) is 3.57. The third-order valence-corrected chi connectivity index (χ3v) is 4.21. The molecule has 1 atom stereocenters. The SMILES string of the molecule is CSCC[C@H](NC(=O)OC(C)(C)C)C(=O)NCc1ccc(C)cc1C. The first-order valence-corrected chi connectivity index (χ1v) is 9.84. The van der Waals surface area contributed by atoms with Crippen LogP contribution >= 0.6 is 11.8 Å². The van der Waals surface area contributed by atoms with Crippen LogP contribution < -0.4 is 10.6 Å². The highest BCUT2D eigenvalue weighted by Gasteiger charge is 2.24. The van der Waals surface area contributed by atoms with Crippen LogP contribution in [-0.2, 0) is 16.1 Å². The lowest BCUT2D eigenvalue weighted by Crippen LogP contribution is -2.48. The molecular weight excluding hydrogens is 336 g/mol. The van der Waals surface area contributed by atoms with Gasteiger partial charge in [-0.1, -0.05) is 23.8 Å². The van der Waals surface area contributed by atoms with Crippen LogP contribution in [0.2, 0.25) is 0 Å². The number of carbonyl (C=O) groups is 2. The van der Waals surface area contributed by atoms with Crippen molar-refractivity contribution in [1.29, 1.82) is 0 Å². The summed E-state index contributed by atoms with van der Waals surface area (Å²) in [4.78, 5) is 24.5. The second-order valence-corrected chi connectivity index (χ2v) is 8.11. The maximum atomic E-state index is 12.5. The Bertz CT molecular complexity index is 597. The number of rotatable bonds is 7. The molecule has 0 saturated heterocycles. The molecule has 1 aromatic rings. The minimum atomic E-state index is -0.604. The fraction of sp³-hybridized carbons (Fsp3) is 0.579. The standard InChI is InChI=1S/C19H30N2O3S/c1-13-7-8-15(14(2)11-13)12-20-17(22)16(9-10-25-6)21-18(23)24-19(3,4)5/h7-8,11,16H,9-10,12H2,1-6H3,(H,20,22)(H,21,23)/t16-/m0/s1. The molecule has 0 aliphatic rings. The number of amides is 2. The van der Waals surface area contributed by atoms with E-state index in [9.17, 15) is 9.59 Å². The fourth-order valence-corrected chi connectivity index (χ4v) is 2.78. The smallest absolute Gasteiger partial charge is 0.408 e. The summed E-state index contributed by atoms with van der Waals surface area (Å²) in [6.45, 7) is 9.89. The second-order valence-electron chi connectivity index (χ2n) is 7.13. The quantitative estimate of drug-likeness (QED) is 0.774. The molecule has 0 radical (unpaired) electrons. The van der Waals surface area contributed by atoms with E-state index >= 15 is 0 Å². The Hall–Kier alpha value is -1.69. The first kappa shape index (κ1) is 21.4. The lowest BCUT2D eigenvalue weighted by atomic mass is 10.1. The van der Waals surface area contributed by atoms with Gasteiger partial charge in [-0.2, -0.15) is 11.8 Å². The van der Waals surface area contributed by atoms with Crippen molar-refractivity contribution < 1.29 is 14.3 Å². The molecule has 1 rings (SSSR count). The van der Waals surface area contributed by atoms with Crippen LogP contribution in [0.5, 0.6) is 0 Å². The highest BCUT2D eigenvalue weighted by atomic mass is 32.2. The van der Waals surface area contributed by atoms with E-state index in [2.05, 4.69) is 16.7 Å². The van der Waals surface area contributed by atoms with E-state index in [1.165, 1.54) is 5.56 Å². The highest BCUT2D eigenvalue weighted by molar-refractivity contribution is 7.98. The number of benzene rings is 1. The predicted molar refractivity (Wildman–Crippen MR) is 104 cm³/mol. The molecule has 6 heteroatoms. The molecule has 1 aromatic carbocycles. The molecule has 0 aliphatic heterocycles. The van der Waals surface area contributed by atoms with E-state index in [1.807, 2.05) is 32.2 Å². The maximum absolute atomic E-state index is 12.5. The number of hydrogen-bond donors (Lipinski definition) is 2. The fourth-order valence-electron chi connectivity index (χ4n) is 2.30. The van der Waals surface area contributed by atoms with Crippen molar-refractivity contribution in [2.24, 2.45) is 0 Å². The van der Waals surface area contributed by atoms with Gasteiger partial charge in [0.15, 0.2) is 0 Å². The molecule has 0 unspecified atom stereocenters. The predicted octanol–water partition coefficient (Wildman–Crippen LogP) is 3.57. The average molecular weight is 367 g/mol. The molecule has 0 saturated carbocycles. The van der Waals surface area contributed by atoms with E-state index in [0.717, 1.165) is 16.9 Å². The number of nitrogens with one attached hydrogen (secondary N) is 2. The van der Waals surface area contributed by atoms with Crippen molar-refractivity contribution in [3.05, 3.63) is 34.9 Å². The summed E-state index contributed by atoms with van der Waals surface area (Å²) in [6, 6.07) is 5.53. The molecule has 2 amide bonds. The molecular formula is C19H30N2O3S. The zero-order valence-corrected chi connectivity index (χ0v) is 16.9. The Kier molecular flexibility index (Phi) is 8.29. The van der Waals surface area contributed by atoms with Crippen LogP contribution in [-0.4, -0.2) is 35.7 Å². The van der Waals surface area contributed by atoms with Crippen LogP contribution in [0.3, 0.4) is 0 Å². The number of alkyl carbamates (subject to hydrolysis) is 1. The summed E-state index contributed by atoms with van der Waals surface area (Å²) >= 11 is 1.63. The van der Waals surface area contributed by atoms with Gasteiger partial charge in [0.05, 0.1) is 0 Å². The van der Waals surface area contributed by atoms with Crippen molar-refractivity contribution in [2.75, 3.05) is 12.0 Å². The van der Waals surface area contributed by atoms with Crippen LogP contribution in [0.4, 0.5) is 4.79 Å². The number of aryl methyl sites for hydroxylation is 2. The van der Waals surface area contributed by atoms with E-state index < -0.39 is 17.7 Å². The van der Waals surface area contributed by atoms with E-state index in [1.54, 1.807) is 32.5 Å². The molecule has 0 heterocycles. The topological polar surface area (TPSA) is 67.4 Å². The number of hydrogen-bond acceptors (Lipinski definition) is 4. The van der Waals surface area contributed by atoms with E-state index in [0.29, 0.717) is 13.0 Å². The Morgan fingerprint density at radius 1 is 1.24 bits per heavy atom. The van der Waals surface area contributed by atoms with Gasteiger partial charge in [0.2, 0.25) is 5.91 Å². The zero-order chi connectivity index (χ0) is 19.0. The van der Waals surface area contributed by atoms with Gasteiger partial charge in [-0.25, -0.2) is 4.79 Å². The number of ether oxygens (including phenoxy) is 1. The van der Waals surface area contributed by atoms with Gasteiger partial charge in [0.1, 0.15) is 11.6 Å². The molecule has 0 aliphatic carbocycles. The first-order chi connectivity index (χ1) is 11.6. The van der Waals surface area contributed by atoms with Crippen LogP contribution in [0.25, 0.3) is 0 Å². The van der Waals surface area contributed by atoms with Crippen molar-refractivity contribution in [2.45, 2.75) is 59.2 Å². The normalized spacial score (nSPS) is 12.4. The Morgan fingerprint density at radius 2 is 1.92 bits per heavy atom. The summed E-state index contributed by atoms with van der Waals surface area (Å²) in [5.74, 6) is 0.581. The highest BCUT2D eigenvalue weighted by Crippen LogP contribution is 2.11. The van der Waals surface area contributed by atoms with Gasteiger partial charge in [-0.3, -0.25) is 4.79 Å². The molecule has 140 valence electrons. The Morgan fingerprint density at radius 3 is 2.48 bits per heavy atom. The Balaban J connectivity index is 2.67. The lowest BCUT2D eigenvalue weighted by molar-refractivity contribution is -0.123. The zero-order valence-electron chi connectivity index (χ0n) is 16.1. The van der Waals surface area contributed by atoms with Crippen LogP contribution in [0.1, 0.15) is 43.9 Å². The van der Waals surface area contributed by atoms with E-state index in [4.69, 9.17) is 4.74 Å². The summed E-state index contributed by atoms with van der Waals surface area (Å²) in [5, 5.41) is 5.60. The minimum absolute atomic E-state index is 0.195. The van der Waals surface area contributed by atoms with Gasteiger partial charge >= 0.3 is 6.09 Å². The van der Waals surface area contributed by atoms with Crippen molar-refractivity contribution >= 4 is 23.8 Å². The van der Waals surface area contributed by atoms with Gasteiger partial charge in [0.25, 0.3) is 0 Å². The van der Waals surface area contributed by atoms with Crippen LogP contribution in [0.15, 0.2) is 18.2 Å². The molecule has 5 nitrogen and oxygen atoms in total. The van der Waals surface area contributed by atoms with Crippen LogP contribution in [0, 0.1) is 13.8 Å². The molecule has 0 bridgehead atoms. The Labute approximate surface area is 155 Å². The third kappa shape index (κ3) is 8.29. The summed E-state index contributed by atoms with van der Waals surface area (Å²) in [7, 11) is 0. The second kappa shape index (κ2) is 9.70. The number of carbonyl (C=O) groups excluding carboxylic acids is 2. The summed E-state index contributed by atoms with van der Waals surface area (Å²) in [5.41, 5.74) is 2.81.